The number of carbonyl (C=O) groups is 1. The highest BCUT2D eigenvalue weighted by molar-refractivity contribution is 5.78. The maximum atomic E-state index is 11.5. The summed E-state index contributed by atoms with van der Waals surface area (Å²) in [7, 11) is 1.36. The summed E-state index contributed by atoms with van der Waals surface area (Å²) in [5, 5.41) is 0. The number of rotatable bonds is 3. The monoisotopic (exact) mass is 219 g/mol. The minimum atomic E-state index is -0.470. The molecule has 0 saturated heterocycles. The van der Waals surface area contributed by atoms with Gasteiger partial charge in [-0.25, -0.2) is 4.98 Å². The molecule has 0 aliphatic rings. The van der Waals surface area contributed by atoms with Crippen molar-refractivity contribution in [1.82, 2.24) is 9.38 Å². The Labute approximate surface area is 92.8 Å². The number of fused-ring (bicyclic) bond motifs is 1. The van der Waals surface area contributed by atoms with Crippen LogP contribution in [0.15, 0.2) is 30.6 Å². The van der Waals surface area contributed by atoms with E-state index in [4.69, 9.17) is 10.5 Å². The topological polar surface area (TPSA) is 69.6 Å². The molecule has 2 rings (SSSR count). The van der Waals surface area contributed by atoms with Crippen LogP contribution in [0.1, 0.15) is 11.6 Å². The molecule has 2 heterocycles. The fraction of sp³-hybridized carbons (Fsp3) is 0.273. The first kappa shape index (κ1) is 10.6. The van der Waals surface area contributed by atoms with Crippen molar-refractivity contribution in [2.75, 3.05) is 13.7 Å². The lowest BCUT2D eigenvalue weighted by Crippen LogP contribution is -2.24. The minimum Gasteiger partial charge on any atom is -0.468 e. The van der Waals surface area contributed by atoms with Gasteiger partial charge in [-0.15, -0.1) is 0 Å². The zero-order valence-electron chi connectivity index (χ0n) is 8.96. The first-order valence-electron chi connectivity index (χ1n) is 4.97. The Morgan fingerprint density at radius 3 is 3.12 bits per heavy atom. The summed E-state index contributed by atoms with van der Waals surface area (Å²) in [5.41, 5.74) is 7.14. The Morgan fingerprint density at radius 2 is 2.44 bits per heavy atom. The quantitative estimate of drug-likeness (QED) is 0.765. The van der Waals surface area contributed by atoms with E-state index in [1.54, 1.807) is 6.20 Å². The van der Waals surface area contributed by atoms with E-state index >= 15 is 0 Å². The Bertz CT molecular complexity index is 507. The van der Waals surface area contributed by atoms with Crippen LogP contribution in [0.25, 0.3) is 5.65 Å². The second-order valence-corrected chi connectivity index (χ2v) is 3.42. The van der Waals surface area contributed by atoms with E-state index in [1.807, 2.05) is 28.8 Å². The number of imidazole rings is 1. The van der Waals surface area contributed by atoms with Gasteiger partial charge in [0, 0.05) is 12.7 Å². The third kappa shape index (κ3) is 1.65. The molecule has 1 atom stereocenters. The van der Waals surface area contributed by atoms with Crippen LogP contribution in [0, 0.1) is 0 Å². The first-order valence-corrected chi connectivity index (χ1v) is 4.97. The number of carbonyl (C=O) groups excluding carboxylic acids is 1. The van der Waals surface area contributed by atoms with Gasteiger partial charge in [0.05, 0.1) is 19.0 Å². The molecular formula is C11H13N3O2. The molecule has 1 unspecified atom stereocenters. The maximum absolute atomic E-state index is 11.5. The lowest BCUT2D eigenvalue weighted by molar-refractivity contribution is -0.142. The van der Waals surface area contributed by atoms with Crippen molar-refractivity contribution in [3.8, 4) is 0 Å². The SMILES string of the molecule is COC(=O)C(CN)c1cnc2ccccn12. The average molecular weight is 219 g/mol. The Morgan fingerprint density at radius 1 is 1.62 bits per heavy atom. The third-order valence-corrected chi connectivity index (χ3v) is 2.52. The number of aromatic nitrogens is 2. The average Bonchev–Trinajstić information content (AvgIpc) is 2.74. The van der Waals surface area contributed by atoms with Crippen LogP contribution < -0.4 is 5.73 Å². The Hall–Kier alpha value is -1.88. The molecule has 2 aromatic heterocycles. The van der Waals surface area contributed by atoms with E-state index in [-0.39, 0.29) is 12.5 Å². The van der Waals surface area contributed by atoms with E-state index in [9.17, 15) is 4.79 Å². The summed E-state index contributed by atoms with van der Waals surface area (Å²) in [4.78, 5) is 15.7. The number of ether oxygens (including phenoxy) is 1. The molecule has 0 saturated carbocycles. The molecule has 0 spiro atoms. The van der Waals surface area contributed by atoms with Crippen LogP contribution in [-0.4, -0.2) is 29.0 Å². The number of methoxy groups -OCH3 is 1. The number of esters is 1. The van der Waals surface area contributed by atoms with Gasteiger partial charge in [0.1, 0.15) is 11.6 Å². The van der Waals surface area contributed by atoms with Gasteiger partial charge < -0.3 is 14.9 Å². The van der Waals surface area contributed by atoms with Gasteiger partial charge in [-0.2, -0.15) is 0 Å². The summed E-state index contributed by atoms with van der Waals surface area (Å²) in [6, 6.07) is 5.64. The van der Waals surface area contributed by atoms with Gasteiger partial charge in [-0.1, -0.05) is 6.07 Å². The van der Waals surface area contributed by atoms with Crippen LogP contribution in [0.2, 0.25) is 0 Å². The Kier molecular flexibility index (Phi) is 2.87. The molecule has 2 N–H and O–H groups in total. The highest BCUT2D eigenvalue weighted by Gasteiger charge is 2.22. The van der Waals surface area contributed by atoms with E-state index in [1.165, 1.54) is 7.11 Å². The molecule has 0 aliphatic carbocycles. The predicted molar refractivity (Wildman–Crippen MR) is 59.0 cm³/mol. The van der Waals surface area contributed by atoms with E-state index in [0.29, 0.717) is 0 Å². The summed E-state index contributed by atoms with van der Waals surface area (Å²) < 4.78 is 6.56. The zero-order valence-corrected chi connectivity index (χ0v) is 8.96. The molecule has 0 radical (unpaired) electrons. The smallest absolute Gasteiger partial charge is 0.316 e. The minimum absolute atomic E-state index is 0.204. The maximum Gasteiger partial charge on any atom is 0.316 e. The summed E-state index contributed by atoms with van der Waals surface area (Å²) in [6.07, 6.45) is 3.51. The van der Waals surface area contributed by atoms with Gasteiger partial charge in [-0.05, 0) is 12.1 Å². The summed E-state index contributed by atoms with van der Waals surface area (Å²) in [6.45, 7) is 0.204. The van der Waals surface area contributed by atoms with Crippen LogP contribution in [-0.2, 0) is 9.53 Å². The van der Waals surface area contributed by atoms with Gasteiger partial charge in [0.2, 0.25) is 0 Å². The molecule has 0 aromatic carbocycles. The van der Waals surface area contributed by atoms with E-state index in [2.05, 4.69) is 4.98 Å². The summed E-state index contributed by atoms with van der Waals surface area (Å²) >= 11 is 0. The number of pyridine rings is 1. The van der Waals surface area contributed by atoms with E-state index in [0.717, 1.165) is 11.3 Å². The predicted octanol–water partition coefficient (Wildman–Crippen LogP) is 0.550. The van der Waals surface area contributed by atoms with Gasteiger partial charge in [-0.3, -0.25) is 4.79 Å². The largest absolute Gasteiger partial charge is 0.468 e. The Balaban J connectivity index is 2.49. The molecule has 0 fully saturated rings. The van der Waals surface area contributed by atoms with Crippen LogP contribution in [0.4, 0.5) is 0 Å². The number of nitrogens with two attached hydrogens (primary N) is 1. The number of hydrogen-bond donors (Lipinski definition) is 1. The second kappa shape index (κ2) is 4.32. The number of hydrogen-bond acceptors (Lipinski definition) is 4. The fourth-order valence-electron chi connectivity index (χ4n) is 1.69. The van der Waals surface area contributed by atoms with Crippen LogP contribution in [0.3, 0.4) is 0 Å². The molecule has 5 nitrogen and oxygen atoms in total. The number of nitrogens with zero attached hydrogens (tertiary/aromatic N) is 2. The molecular weight excluding hydrogens is 206 g/mol. The molecule has 2 aromatic rings. The van der Waals surface area contributed by atoms with Crippen molar-refractivity contribution < 1.29 is 9.53 Å². The van der Waals surface area contributed by atoms with Crippen molar-refractivity contribution >= 4 is 11.6 Å². The van der Waals surface area contributed by atoms with Crippen molar-refractivity contribution in [3.63, 3.8) is 0 Å². The van der Waals surface area contributed by atoms with Crippen molar-refractivity contribution in [3.05, 3.63) is 36.3 Å². The zero-order chi connectivity index (χ0) is 11.5. The lowest BCUT2D eigenvalue weighted by atomic mass is 10.1. The normalized spacial score (nSPS) is 12.6. The van der Waals surface area contributed by atoms with Gasteiger partial charge in [0.15, 0.2) is 0 Å². The molecule has 0 aliphatic heterocycles. The summed E-state index contributed by atoms with van der Waals surface area (Å²) in [5.74, 6) is -0.810. The van der Waals surface area contributed by atoms with E-state index < -0.39 is 5.92 Å². The molecule has 0 amide bonds. The second-order valence-electron chi connectivity index (χ2n) is 3.42. The molecule has 5 heteroatoms. The van der Waals surface area contributed by atoms with Crippen molar-refractivity contribution in [2.45, 2.75) is 5.92 Å². The standard InChI is InChI=1S/C11H13N3O2/c1-16-11(15)8(6-12)9-7-13-10-4-2-3-5-14(9)10/h2-5,7-8H,6,12H2,1H3. The van der Waals surface area contributed by atoms with Crippen molar-refractivity contribution in [1.29, 1.82) is 0 Å². The molecule has 16 heavy (non-hydrogen) atoms. The van der Waals surface area contributed by atoms with Crippen LogP contribution in [0.5, 0.6) is 0 Å². The highest BCUT2D eigenvalue weighted by atomic mass is 16.5. The van der Waals surface area contributed by atoms with Crippen LogP contribution >= 0.6 is 0 Å². The third-order valence-electron chi connectivity index (χ3n) is 2.52. The molecule has 84 valence electrons. The fourth-order valence-corrected chi connectivity index (χ4v) is 1.69. The first-order chi connectivity index (χ1) is 7.77. The van der Waals surface area contributed by atoms with Crippen molar-refractivity contribution in [2.24, 2.45) is 5.73 Å². The van der Waals surface area contributed by atoms with Gasteiger partial charge in [0.25, 0.3) is 0 Å². The molecule has 0 bridgehead atoms. The lowest BCUT2D eigenvalue weighted by Gasteiger charge is -2.11. The highest BCUT2D eigenvalue weighted by Crippen LogP contribution is 2.17. The van der Waals surface area contributed by atoms with Gasteiger partial charge >= 0.3 is 5.97 Å².